The highest BCUT2D eigenvalue weighted by molar-refractivity contribution is 5.75. The van der Waals surface area contributed by atoms with Crippen molar-refractivity contribution in [3.05, 3.63) is 23.8 Å². The Labute approximate surface area is 145 Å². The zero-order chi connectivity index (χ0) is 17.3. The highest BCUT2D eigenvalue weighted by Crippen LogP contribution is 2.70. The van der Waals surface area contributed by atoms with Gasteiger partial charge < -0.3 is 9.84 Å². The van der Waals surface area contributed by atoms with Gasteiger partial charge in [0.25, 0.3) is 0 Å². The molecule has 0 aromatic carbocycles. The number of hydrogen-bond acceptors (Lipinski definition) is 2. The number of carboxylic acid groups (broad SMARTS) is 1. The molecule has 3 saturated carbocycles. The molecule has 0 saturated heterocycles. The van der Waals surface area contributed by atoms with Gasteiger partial charge in [0, 0.05) is 13.0 Å². The molecule has 3 nitrogen and oxygen atoms in total. The van der Waals surface area contributed by atoms with Gasteiger partial charge in [-0.25, -0.2) is 0 Å². The molecular weight excluding hydrogens is 300 g/mol. The minimum absolute atomic E-state index is 0.00396. The molecule has 0 amide bonds. The molecule has 1 spiro atoms. The molecular formula is C21H30O3. The van der Waals surface area contributed by atoms with E-state index >= 15 is 0 Å². The average molecular weight is 330 g/mol. The second-order valence-corrected chi connectivity index (χ2v) is 9.29. The summed E-state index contributed by atoms with van der Waals surface area (Å²) in [6.45, 7) is 8.69. The number of methoxy groups -OCH3 is 1. The van der Waals surface area contributed by atoms with Crippen molar-refractivity contribution in [3.63, 3.8) is 0 Å². The molecule has 6 atom stereocenters. The third kappa shape index (κ3) is 1.85. The second kappa shape index (κ2) is 4.97. The molecule has 0 aromatic rings. The fourth-order valence-electron chi connectivity index (χ4n) is 7.08. The summed E-state index contributed by atoms with van der Waals surface area (Å²) < 4.78 is 5.81. The van der Waals surface area contributed by atoms with Crippen molar-refractivity contribution in [2.75, 3.05) is 7.11 Å². The van der Waals surface area contributed by atoms with Crippen LogP contribution in [0.15, 0.2) is 23.8 Å². The van der Waals surface area contributed by atoms with Crippen molar-refractivity contribution >= 4 is 5.97 Å². The summed E-state index contributed by atoms with van der Waals surface area (Å²) in [6, 6.07) is 0. The van der Waals surface area contributed by atoms with Crippen LogP contribution in [0.5, 0.6) is 0 Å². The summed E-state index contributed by atoms with van der Waals surface area (Å²) >= 11 is 0. The number of aliphatic carboxylic acids is 1. The SMILES string of the molecule is C=C1C[C@@]23CC[C@@H]4[C@](C)(C(=O)O)CCC[C@@]4(C)C2=CC(OC)C1C3. The van der Waals surface area contributed by atoms with Gasteiger partial charge in [-0.1, -0.05) is 37.1 Å². The summed E-state index contributed by atoms with van der Waals surface area (Å²) in [5.74, 6) is 0.0761. The molecule has 3 fully saturated rings. The molecule has 24 heavy (non-hydrogen) atoms. The van der Waals surface area contributed by atoms with E-state index < -0.39 is 11.4 Å². The number of carbonyl (C=O) groups is 1. The summed E-state index contributed by atoms with van der Waals surface area (Å²) in [7, 11) is 1.80. The maximum Gasteiger partial charge on any atom is 0.309 e. The molecule has 1 N–H and O–H groups in total. The predicted molar refractivity (Wildman–Crippen MR) is 93.6 cm³/mol. The number of ether oxygens (including phenoxy) is 1. The van der Waals surface area contributed by atoms with Crippen LogP contribution in [-0.4, -0.2) is 24.3 Å². The first-order valence-corrected chi connectivity index (χ1v) is 9.43. The Kier molecular flexibility index (Phi) is 3.39. The molecule has 0 aromatic heterocycles. The number of hydrogen-bond donors (Lipinski definition) is 1. The van der Waals surface area contributed by atoms with Crippen LogP contribution in [0, 0.1) is 28.1 Å². The highest BCUT2D eigenvalue weighted by atomic mass is 16.5. The molecule has 3 heteroatoms. The van der Waals surface area contributed by atoms with E-state index in [1.807, 2.05) is 6.92 Å². The monoisotopic (exact) mass is 330 g/mol. The molecule has 4 aliphatic carbocycles. The Bertz CT molecular complexity index is 635. The smallest absolute Gasteiger partial charge is 0.309 e. The molecule has 4 aliphatic rings. The first-order valence-electron chi connectivity index (χ1n) is 9.43. The van der Waals surface area contributed by atoms with Crippen LogP contribution in [0.2, 0.25) is 0 Å². The summed E-state index contributed by atoms with van der Waals surface area (Å²) in [6.07, 6.45) is 9.82. The van der Waals surface area contributed by atoms with Gasteiger partial charge in [0.2, 0.25) is 0 Å². The van der Waals surface area contributed by atoms with Gasteiger partial charge in [-0.3, -0.25) is 4.79 Å². The molecule has 132 valence electrons. The highest BCUT2D eigenvalue weighted by Gasteiger charge is 2.63. The number of allylic oxidation sites excluding steroid dienone is 1. The van der Waals surface area contributed by atoms with Gasteiger partial charge in [0.1, 0.15) is 0 Å². The van der Waals surface area contributed by atoms with Crippen molar-refractivity contribution in [3.8, 4) is 0 Å². The molecule has 2 unspecified atom stereocenters. The number of rotatable bonds is 2. The van der Waals surface area contributed by atoms with E-state index in [0.29, 0.717) is 5.92 Å². The summed E-state index contributed by atoms with van der Waals surface area (Å²) in [5.41, 5.74) is 2.49. The fourth-order valence-corrected chi connectivity index (χ4v) is 7.08. The van der Waals surface area contributed by atoms with Crippen molar-refractivity contribution in [2.24, 2.45) is 28.1 Å². The standard InChI is InChI=1S/C21H30O3/c1-13-11-21-9-6-16-19(2,7-5-8-20(16,3)18(22)23)17(21)10-15(24-4)14(13)12-21/h10,14-16H,1,5-9,11-12H2,2-4H3,(H,22,23)/t14?,15?,16-,19+,20+,21+/m0/s1. The van der Waals surface area contributed by atoms with E-state index in [1.54, 1.807) is 7.11 Å². The first-order chi connectivity index (χ1) is 11.3. The quantitative estimate of drug-likeness (QED) is 0.754. The Morgan fingerprint density at radius 2 is 2.08 bits per heavy atom. The molecule has 0 radical (unpaired) electrons. The third-order valence-corrected chi connectivity index (χ3v) is 8.22. The third-order valence-electron chi connectivity index (χ3n) is 8.22. The maximum absolute atomic E-state index is 12.1. The van der Waals surface area contributed by atoms with E-state index in [4.69, 9.17) is 4.74 Å². The first kappa shape index (κ1) is 16.4. The molecule has 2 bridgehead atoms. The van der Waals surface area contributed by atoms with E-state index in [-0.39, 0.29) is 22.9 Å². The lowest BCUT2D eigenvalue weighted by atomic mass is 9.44. The van der Waals surface area contributed by atoms with Crippen LogP contribution in [0.1, 0.15) is 58.8 Å². The normalized spacial score (nSPS) is 50.0. The van der Waals surface area contributed by atoms with Crippen molar-refractivity contribution in [2.45, 2.75) is 64.9 Å². The Hall–Kier alpha value is -1.09. The van der Waals surface area contributed by atoms with E-state index in [9.17, 15) is 9.90 Å². The van der Waals surface area contributed by atoms with Crippen LogP contribution in [0.3, 0.4) is 0 Å². The van der Waals surface area contributed by atoms with Gasteiger partial charge in [-0.15, -0.1) is 0 Å². The second-order valence-electron chi connectivity index (χ2n) is 9.29. The Morgan fingerprint density at radius 1 is 1.33 bits per heavy atom. The van der Waals surface area contributed by atoms with Gasteiger partial charge in [0.15, 0.2) is 0 Å². The lowest BCUT2D eigenvalue weighted by Gasteiger charge is -2.60. The zero-order valence-electron chi connectivity index (χ0n) is 15.2. The average Bonchev–Trinajstić information content (AvgIpc) is 2.78. The van der Waals surface area contributed by atoms with Crippen LogP contribution < -0.4 is 0 Å². The van der Waals surface area contributed by atoms with Crippen molar-refractivity contribution in [1.29, 1.82) is 0 Å². The van der Waals surface area contributed by atoms with E-state index in [2.05, 4.69) is 19.6 Å². The maximum atomic E-state index is 12.1. The van der Waals surface area contributed by atoms with Gasteiger partial charge in [-0.2, -0.15) is 0 Å². The van der Waals surface area contributed by atoms with Crippen molar-refractivity contribution in [1.82, 2.24) is 0 Å². The van der Waals surface area contributed by atoms with E-state index in [1.165, 1.54) is 11.1 Å². The van der Waals surface area contributed by atoms with Gasteiger partial charge in [-0.05, 0) is 62.2 Å². The zero-order valence-corrected chi connectivity index (χ0v) is 15.2. The minimum atomic E-state index is -0.609. The Balaban J connectivity index is 1.83. The molecule has 0 aliphatic heterocycles. The fraction of sp³-hybridized carbons (Fsp3) is 0.762. The van der Waals surface area contributed by atoms with Crippen molar-refractivity contribution < 1.29 is 14.6 Å². The minimum Gasteiger partial charge on any atom is -0.481 e. The lowest BCUT2D eigenvalue weighted by Crippen LogP contribution is -2.55. The van der Waals surface area contributed by atoms with Crippen LogP contribution in [-0.2, 0) is 9.53 Å². The number of fused-ring (bicyclic) bond motifs is 3. The summed E-state index contributed by atoms with van der Waals surface area (Å²) in [5, 5.41) is 9.96. The van der Waals surface area contributed by atoms with Gasteiger partial charge in [0.05, 0.1) is 11.5 Å². The topological polar surface area (TPSA) is 46.5 Å². The predicted octanol–water partition coefficient (Wildman–Crippen LogP) is 4.59. The van der Waals surface area contributed by atoms with Crippen LogP contribution in [0.25, 0.3) is 0 Å². The molecule has 0 heterocycles. The lowest BCUT2D eigenvalue weighted by molar-refractivity contribution is -0.161. The molecule has 4 rings (SSSR count). The number of carboxylic acids is 1. The summed E-state index contributed by atoms with van der Waals surface area (Å²) in [4.78, 5) is 12.1. The van der Waals surface area contributed by atoms with Crippen LogP contribution >= 0.6 is 0 Å². The largest absolute Gasteiger partial charge is 0.481 e. The Morgan fingerprint density at radius 3 is 2.75 bits per heavy atom. The van der Waals surface area contributed by atoms with Crippen LogP contribution in [0.4, 0.5) is 0 Å². The van der Waals surface area contributed by atoms with Gasteiger partial charge >= 0.3 is 5.97 Å². The van der Waals surface area contributed by atoms with E-state index in [0.717, 1.165) is 44.9 Å².